The minimum atomic E-state index is -0.997. The number of nitrogens with zero attached hydrogens (tertiary/aromatic N) is 3. The molecule has 2 N–H and O–H groups in total. The lowest BCUT2D eigenvalue weighted by atomic mass is 10.1. The number of aliphatic carboxylic acids is 1. The van der Waals surface area contributed by atoms with Crippen molar-refractivity contribution in [3.05, 3.63) is 94.3 Å². The molecule has 0 bridgehead atoms. The van der Waals surface area contributed by atoms with E-state index in [0.717, 1.165) is 28.1 Å². The molecule has 48 heavy (non-hydrogen) atoms. The largest absolute Gasteiger partial charge is 0.493 e. The second-order valence-corrected chi connectivity index (χ2v) is 11.3. The van der Waals surface area contributed by atoms with Gasteiger partial charge in [-0.2, -0.15) is 14.7 Å². The lowest BCUT2D eigenvalue weighted by Crippen LogP contribution is -2.38. The Balaban J connectivity index is 0.00000167. The highest BCUT2D eigenvalue weighted by molar-refractivity contribution is 6.34. The molecule has 13 heteroatoms. The first kappa shape index (κ1) is 35.4. The maximum atomic E-state index is 13.3. The zero-order valence-electron chi connectivity index (χ0n) is 26.5. The van der Waals surface area contributed by atoms with Crippen LogP contribution in [0, 0.1) is 13.8 Å². The Morgan fingerprint density at radius 1 is 1.06 bits per heavy atom. The van der Waals surface area contributed by atoms with Gasteiger partial charge < -0.3 is 24.8 Å². The van der Waals surface area contributed by atoms with Gasteiger partial charge in [0.25, 0.3) is 5.91 Å². The molecule has 0 unspecified atom stereocenters. The highest BCUT2D eigenvalue weighted by Crippen LogP contribution is 2.41. The Labute approximate surface area is 282 Å². The lowest BCUT2D eigenvalue weighted by Gasteiger charge is -2.31. The maximum absolute atomic E-state index is 13.3. The molecule has 0 spiro atoms. The molecule has 5 rings (SSSR count). The van der Waals surface area contributed by atoms with Gasteiger partial charge in [0.15, 0.2) is 5.75 Å². The number of nitrogens with one attached hydrogen (secondary N) is 1. The summed E-state index contributed by atoms with van der Waals surface area (Å²) in [6.45, 7) is 5.68. The lowest BCUT2D eigenvalue weighted by molar-refractivity contribution is -0.191. The number of benzene rings is 3. The topological polar surface area (TPSA) is 157 Å². The van der Waals surface area contributed by atoms with Gasteiger partial charge in [-0.25, -0.2) is 0 Å². The Morgan fingerprint density at radius 3 is 2.58 bits per heavy atom. The fraction of sp³-hybridized carbons (Fsp3) is 0.286. The number of fused-ring (bicyclic) bond motifs is 1. The van der Waals surface area contributed by atoms with Crippen LogP contribution < -0.4 is 19.7 Å². The monoisotopic (exact) mass is 674 g/mol. The first-order valence-corrected chi connectivity index (χ1v) is 15.6. The van der Waals surface area contributed by atoms with Gasteiger partial charge in [-0.05, 0) is 55.2 Å². The van der Waals surface area contributed by atoms with Crippen LogP contribution in [-0.2, 0) is 25.7 Å². The predicted octanol–water partition coefficient (Wildman–Crippen LogP) is 5.07. The molecule has 12 nitrogen and oxygen atoms in total. The Hall–Kier alpha value is -5.45. The van der Waals surface area contributed by atoms with Gasteiger partial charge in [-0.1, -0.05) is 48.0 Å². The molecule has 0 atom stereocenters. The third kappa shape index (κ3) is 8.87. The number of amides is 2. The zero-order chi connectivity index (χ0) is 34.6. The molecule has 0 aliphatic carbocycles. The predicted molar refractivity (Wildman–Crippen MR) is 176 cm³/mol. The van der Waals surface area contributed by atoms with E-state index in [2.05, 4.69) is 10.4 Å². The SMILES string of the molecule is Cc1cccc(OCCCC(=O)N2CCOc3c(-c4cnn(Cc5cccc(C(=O)NCCC(=O)O)c5Cl)c4)cccc32)c1C.O=C=O. The highest BCUT2D eigenvalue weighted by atomic mass is 35.5. The molecule has 2 heterocycles. The van der Waals surface area contributed by atoms with Crippen molar-refractivity contribution in [1.82, 2.24) is 15.1 Å². The van der Waals surface area contributed by atoms with Crippen LogP contribution in [0.5, 0.6) is 11.5 Å². The molecule has 1 aliphatic heterocycles. The van der Waals surface area contributed by atoms with Crippen molar-refractivity contribution in [2.24, 2.45) is 0 Å². The summed E-state index contributed by atoms with van der Waals surface area (Å²) in [4.78, 5) is 54.6. The molecular weight excluding hydrogens is 640 g/mol. The number of aromatic nitrogens is 2. The zero-order valence-corrected chi connectivity index (χ0v) is 27.3. The van der Waals surface area contributed by atoms with Crippen LogP contribution in [0.1, 0.15) is 46.3 Å². The average Bonchev–Trinajstić information content (AvgIpc) is 3.53. The molecule has 2 amide bonds. The fourth-order valence-electron chi connectivity index (χ4n) is 5.18. The van der Waals surface area contributed by atoms with Crippen LogP contribution in [0.15, 0.2) is 67.0 Å². The second kappa shape index (κ2) is 16.9. The summed E-state index contributed by atoms with van der Waals surface area (Å²) in [6, 6.07) is 16.8. The number of carbonyl (C=O) groups is 3. The van der Waals surface area contributed by atoms with E-state index in [1.807, 2.05) is 62.5 Å². The maximum Gasteiger partial charge on any atom is 0.373 e. The van der Waals surface area contributed by atoms with E-state index in [9.17, 15) is 14.4 Å². The van der Waals surface area contributed by atoms with E-state index < -0.39 is 11.9 Å². The number of carboxylic acid groups (broad SMARTS) is 1. The molecule has 1 aliphatic rings. The van der Waals surface area contributed by atoms with Gasteiger partial charge >= 0.3 is 12.1 Å². The summed E-state index contributed by atoms with van der Waals surface area (Å²) in [5.74, 6) is 0.0479. The van der Waals surface area contributed by atoms with Crippen LogP contribution in [0.25, 0.3) is 11.1 Å². The van der Waals surface area contributed by atoms with Crippen molar-refractivity contribution in [3.8, 4) is 22.6 Å². The van der Waals surface area contributed by atoms with Crippen molar-refractivity contribution in [2.75, 3.05) is 31.2 Å². The molecule has 0 radical (unpaired) electrons. The number of ether oxygens (including phenoxy) is 2. The minimum Gasteiger partial charge on any atom is -0.493 e. The second-order valence-electron chi connectivity index (χ2n) is 10.9. The third-order valence-corrected chi connectivity index (χ3v) is 8.17. The van der Waals surface area contributed by atoms with Crippen molar-refractivity contribution in [2.45, 2.75) is 39.7 Å². The van der Waals surface area contributed by atoms with Crippen molar-refractivity contribution >= 4 is 41.2 Å². The van der Waals surface area contributed by atoms with Crippen LogP contribution in [0.3, 0.4) is 0 Å². The van der Waals surface area contributed by atoms with Gasteiger partial charge in [0.05, 0.1) is 48.6 Å². The molecule has 1 aromatic heterocycles. The summed E-state index contributed by atoms with van der Waals surface area (Å²) in [5, 5.41) is 16.2. The number of hydrogen-bond donors (Lipinski definition) is 2. The van der Waals surface area contributed by atoms with Gasteiger partial charge in [-0.15, -0.1) is 0 Å². The Bertz CT molecular complexity index is 1820. The summed E-state index contributed by atoms with van der Waals surface area (Å²) in [6.07, 6.45) is 4.60. The molecule has 4 aromatic rings. The highest BCUT2D eigenvalue weighted by Gasteiger charge is 2.26. The number of rotatable bonds is 12. The summed E-state index contributed by atoms with van der Waals surface area (Å²) in [7, 11) is 0. The number of anilines is 1. The van der Waals surface area contributed by atoms with Crippen molar-refractivity contribution in [3.63, 3.8) is 0 Å². The van der Waals surface area contributed by atoms with E-state index in [-0.39, 0.29) is 35.6 Å². The van der Waals surface area contributed by atoms with Crippen molar-refractivity contribution < 1.29 is 38.6 Å². The minimum absolute atomic E-state index is 0.00582. The molecule has 0 saturated carbocycles. The van der Waals surface area contributed by atoms with Crippen LogP contribution in [0.4, 0.5) is 5.69 Å². The number of aryl methyl sites for hydroxylation is 1. The first-order chi connectivity index (χ1) is 23.1. The summed E-state index contributed by atoms with van der Waals surface area (Å²) >= 11 is 6.57. The van der Waals surface area contributed by atoms with Crippen LogP contribution >= 0.6 is 11.6 Å². The third-order valence-electron chi connectivity index (χ3n) is 7.72. The quantitative estimate of drug-likeness (QED) is 0.196. The summed E-state index contributed by atoms with van der Waals surface area (Å²) in [5.41, 5.74) is 5.56. The van der Waals surface area contributed by atoms with E-state index in [4.69, 9.17) is 35.8 Å². The number of hydrogen-bond acceptors (Lipinski definition) is 8. The van der Waals surface area contributed by atoms with E-state index in [1.54, 1.807) is 27.9 Å². The van der Waals surface area contributed by atoms with Crippen LogP contribution in [0.2, 0.25) is 5.02 Å². The fourth-order valence-corrected chi connectivity index (χ4v) is 5.45. The normalized spacial score (nSPS) is 11.7. The van der Waals surface area contributed by atoms with Gasteiger partial charge in [0.1, 0.15) is 12.4 Å². The number of halogens is 1. The molecular formula is C35H35ClN4O8. The average molecular weight is 675 g/mol. The van der Waals surface area contributed by atoms with E-state index >= 15 is 0 Å². The Morgan fingerprint density at radius 2 is 1.81 bits per heavy atom. The molecule has 3 aromatic carbocycles. The standard InChI is InChI=1S/C34H35ClN4O6.CO2/c1-22-7-3-12-29(23(22)2)44-17-6-13-30(40)39-16-18-45-33-26(9-5-11-28(33)39)25-19-37-38(21-25)20-24-8-4-10-27(32(24)35)34(43)36-15-14-31(41)42;2-1-3/h3-5,7-12,19,21H,6,13-18,20H2,1-2H3,(H,36,43)(H,41,42);. The smallest absolute Gasteiger partial charge is 0.373 e. The van der Waals surface area contributed by atoms with Crippen LogP contribution in [-0.4, -0.2) is 65.1 Å². The molecule has 0 saturated heterocycles. The van der Waals surface area contributed by atoms with Gasteiger partial charge in [-0.3, -0.25) is 19.1 Å². The molecule has 250 valence electrons. The van der Waals surface area contributed by atoms with Gasteiger partial charge in [0.2, 0.25) is 5.91 Å². The van der Waals surface area contributed by atoms with E-state index in [1.165, 1.54) is 5.56 Å². The number of carbonyl (C=O) groups excluding carboxylic acids is 4. The first-order valence-electron chi connectivity index (χ1n) is 15.2. The van der Waals surface area contributed by atoms with Crippen molar-refractivity contribution in [1.29, 1.82) is 0 Å². The Kier molecular flexibility index (Phi) is 12.5. The van der Waals surface area contributed by atoms with E-state index in [0.29, 0.717) is 50.5 Å². The van der Waals surface area contributed by atoms with Gasteiger partial charge in [0, 0.05) is 30.3 Å². The molecule has 0 fully saturated rings. The number of para-hydroxylation sites is 1. The number of carboxylic acids is 1. The summed E-state index contributed by atoms with van der Waals surface area (Å²) < 4.78 is 13.7.